The Morgan fingerprint density at radius 2 is 1.16 bits per heavy atom. The fourth-order valence-corrected chi connectivity index (χ4v) is 3.98. The molecule has 2 aromatic carbocycles. The summed E-state index contributed by atoms with van der Waals surface area (Å²) in [6.07, 6.45) is -0.266. The molecule has 0 heterocycles. The highest BCUT2D eigenvalue weighted by Gasteiger charge is 2.33. The van der Waals surface area contributed by atoms with Crippen LogP contribution >= 0.6 is 0 Å². The zero-order chi connectivity index (χ0) is 18.2. The largest absolute Gasteiger partial charge is 0.416 e. The number of rotatable bonds is 2. The lowest BCUT2D eigenvalue weighted by atomic mass is 9.75. The molecule has 0 radical (unpaired) electrons. The Morgan fingerprint density at radius 1 is 0.680 bits per heavy atom. The lowest BCUT2D eigenvalue weighted by molar-refractivity contribution is -0.138. The Hall–Kier alpha value is -1.77. The first-order chi connectivity index (χ1) is 11.8. The van der Waals surface area contributed by atoms with E-state index in [1.165, 1.54) is 29.7 Å². The zero-order valence-electron chi connectivity index (χ0n) is 15.1. The van der Waals surface area contributed by atoms with Crippen molar-refractivity contribution in [3.63, 3.8) is 0 Å². The Morgan fingerprint density at radius 3 is 1.64 bits per heavy atom. The van der Waals surface area contributed by atoms with Gasteiger partial charge >= 0.3 is 6.18 Å². The van der Waals surface area contributed by atoms with Crippen LogP contribution in [0.1, 0.15) is 70.9 Å². The van der Waals surface area contributed by atoms with Gasteiger partial charge in [0.15, 0.2) is 0 Å². The molecule has 0 N–H and O–H groups in total. The number of hydrogen-bond donors (Lipinski definition) is 0. The van der Waals surface area contributed by atoms with Gasteiger partial charge in [0, 0.05) is 0 Å². The van der Waals surface area contributed by atoms with Gasteiger partial charge in [-0.1, -0.05) is 30.3 Å². The molecule has 0 nitrogen and oxygen atoms in total. The molecule has 0 amide bonds. The summed E-state index contributed by atoms with van der Waals surface area (Å²) >= 11 is 0. The van der Waals surface area contributed by atoms with Crippen LogP contribution in [0.2, 0.25) is 0 Å². The maximum absolute atomic E-state index is 13.1. The molecule has 0 saturated heterocycles. The molecule has 3 heteroatoms. The normalized spacial score (nSPS) is 21.4. The molecule has 25 heavy (non-hydrogen) atoms. The smallest absolute Gasteiger partial charge is 0.166 e. The van der Waals surface area contributed by atoms with Crippen molar-refractivity contribution in [2.45, 2.75) is 64.5 Å². The van der Waals surface area contributed by atoms with Crippen molar-refractivity contribution in [3.8, 4) is 0 Å². The highest BCUT2D eigenvalue weighted by atomic mass is 19.4. The lowest BCUT2D eigenvalue weighted by Gasteiger charge is -2.30. The average molecular weight is 346 g/mol. The Kier molecular flexibility index (Phi) is 4.95. The van der Waals surface area contributed by atoms with Crippen LogP contribution < -0.4 is 0 Å². The third kappa shape index (κ3) is 3.91. The van der Waals surface area contributed by atoms with Crippen LogP contribution in [-0.4, -0.2) is 0 Å². The van der Waals surface area contributed by atoms with E-state index < -0.39 is 11.7 Å². The predicted molar refractivity (Wildman–Crippen MR) is 96.0 cm³/mol. The predicted octanol–water partition coefficient (Wildman–Crippen LogP) is 7.07. The van der Waals surface area contributed by atoms with Crippen molar-refractivity contribution in [1.82, 2.24) is 0 Å². The number of hydrogen-bond acceptors (Lipinski definition) is 0. The molecule has 0 atom stereocenters. The second-order valence-electron chi connectivity index (χ2n) is 7.46. The van der Waals surface area contributed by atoms with Crippen molar-refractivity contribution in [1.29, 1.82) is 0 Å². The van der Waals surface area contributed by atoms with Gasteiger partial charge in [-0.25, -0.2) is 0 Å². The zero-order valence-corrected chi connectivity index (χ0v) is 15.1. The molecule has 3 rings (SSSR count). The van der Waals surface area contributed by atoms with Crippen molar-refractivity contribution >= 4 is 0 Å². The molecule has 0 aromatic heterocycles. The van der Waals surface area contributed by atoms with Crippen LogP contribution in [0, 0.1) is 20.8 Å². The SMILES string of the molecule is Cc1ccc(C2CCC(c3ccc(C)c(C(F)(F)F)c3)CC2)cc1C. The van der Waals surface area contributed by atoms with E-state index in [2.05, 4.69) is 32.0 Å². The van der Waals surface area contributed by atoms with E-state index in [1.807, 2.05) is 6.07 Å². The fraction of sp³-hybridized carbons (Fsp3) is 0.455. The first-order valence-electron chi connectivity index (χ1n) is 9.00. The highest BCUT2D eigenvalue weighted by Crippen LogP contribution is 2.42. The minimum absolute atomic E-state index is 0.240. The van der Waals surface area contributed by atoms with Crippen molar-refractivity contribution in [3.05, 3.63) is 69.8 Å². The van der Waals surface area contributed by atoms with Gasteiger partial charge in [-0.05, 0) is 92.2 Å². The Labute approximate surface area is 148 Å². The first kappa shape index (κ1) is 18.0. The molecule has 134 valence electrons. The molecule has 2 aromatic rings. The minimum atomic E-state index is -4.27. The van der Waals surface area contributed by atoms with Gasteiger partial charge in [0.1, 0.15) is 0 Å². The molecular weight excluding hydrogens is 321 g/mol. The van der Waals surface area contributed by atoms with Gasteiger partial charge in [0.05, 0.1) is 5.56 Å². The van der Waals surface area contributed by atoms with E-state index >= 15 is 0 Å². The van der Waals surface area contributed by atoms with Crippen LogP contribution in [0.3, 0.4) is 0 Å². The van der Waals surface area contributed by atoms with Gasteiger partial charge in [-0.3, -0.25) is 0 Å². The maximum atomic E-state index is 13.1. The summed E-state index contributed by atoms with van der Waals surface area (Å²) in [5.74, 6) is 0.771. The molecule has 0 bridgehead atoms. The van der Waals surface area contributed by atoms with Crippen LogP contribution in [0.5, 0.6) is 0 Å². The first-order valence-corrected chi connectivity index (χ1v) is 9.00. The summed E-state index contributed by atoms with van der Waals surface area (Å²) in [6.45, 7) is 5.78. The number of halogens is 3. The second kappa shape index (κ2) is 6.86. The summed E-state index contributed by atoms with van der Waals surface area (Å²) in [5, 5.41) is 0. The monoisotopic (exact) mass is 346 g/mol. The summed E-state index contributed by atoms with van der Waals surface area (Å²) in [7, 11) is 0. The number of aryl methyl sites for hydroxylation is 3. The van der Waals surface area contributed by atoms with E-state index in [4.69, 9.17) is 0 Å². The number of alkyl halides is 3. The van der Waals surface area contributed by atoms with Crippen LogP contribution in [0.25, 0.3) is 0 Å². The second-order valence-corrected chi connectivity index (χ2v) is 7.46. The van der Waals surface area contributed by atoms with Gasteiger partial charge in [-0.15, -0.1) is 0 Å². The Bertz CT molecular complexity index is 750. The van der Waals surface area contributed by atoms with Gasteiger partial charge in [-0.2, -0.15) is 13.2 Å². The summed E-state index contributed by atoms with van der Waals surface area (Å²) in [6, 6.07) is 11.5. The highest BCUT2D eigenvalue weighted by molar-refractivity contribution is 5.36. The van der Waals surface area contributed by atoms with Crippen molar-refractivity contribution in [2.75, 3.05) is 0 Å². The van der Waals surface area contributed by atoms with Crippen LogP contribution in [0.4, 0.5) is 13.2 Å². The van der Waals surface area contributed by atoms with Crippen molar-refractivity contribution in [2.24, 2.45) is 0 Å². The van der Waals surface area contributed by atoms with Crippen LogP contribution in [0.15, 0.2) is 36.4 Å². The van der Waals surface area contributed by atoms with E-state index in [-0.39, 0.29) is 5.92 Å². The van der Waals surface area contributed by atoms with E-state index in [1.54, 1.807) is 6.07 Å². The molecule has 0 spiro atoms. The topological polar surface area (TPSA) is 0 Å². The molecule has 1 aliphatic carbocycles. The summed E-state index contributed by atoms with van der Waals surface area (Å²) in [4.78, 5) is 0. The fourth-order valence-electron chi connectivity index (χ4n) is 3.98. The van der Waals surface area contributed by atoms with Crippen LogP contribution in [-0.2, 0) is 6.18 Å². The molecule has 0 unspecified atom stereocenters. The van der Waals surface area contributed by atoms with E-state index in [9.17, 15) is 13.2 Å². The maximum Gasteiger partial charge on any atom is 0.416 e. The van der Waals surface area contributed by atoms with Crippen molar-refractivity contribution < 1.29 is 13.2 Å². The molecule has 1 fully saturated rings. The van der Waals surface area contributed by atoms with Gasteiger partial charge < -0.3 is 0 Å². The molecular formula is C22H25F3. The molecule has 0 aliphatic heterocycles. The number of benzene rings is 2. The molecule has 1 aliphatic rings. The van der Waals surface area contributed by atoms with Gasteiger partial charge in [0.2, 0.25) is 0 Å². The lowest BCUT2D eigenvalue weighted by Crippen LogP contribution is -2.14. The third-order valence-corrected chi connectivity index (χ3v) is 5.77. The standard InChI is InChI=1S/C22H25F3/c1-14-4-6-19(12-16(14)3)17-8-10-18(11-9-17)20-7-5-15(2)21(13-20)22(23,24)25/h4-7,12-13,17-18H,8-11H2,1-3H3. The van der Waals surface area contributed by atoms with E-state index in [0.29, 0.717) is 11.5 Å². The summed E-state index contributed by atoms with van der Waals surface area (Å²) < 4.78 is 39.4. The summed E-state index contributed by atoms with van der Waals surface area (Å²) in [5.41, 5.74) is 4.66. The Balaban J connectivity index is 1.73. The minimum Gasteiger partial charge on any atom is -0.166 e. The van der Waals surface area contributed by atoms with Gasteiger partial charge in [0.25, 0.3) is 0 Å². The quantitative estimate of drug-likeness (QED) is 0.545. The third-order valence-electron chi connectivity index (χ3n) is 5.77. The molecule has 1 saturated carbocycles. The average Bonchev–Trinajstić information content (AvgIpc) is 2.57. The van der Waals surface area contributed by atoms with E-state index in [0.717, 1.165) is 31.2 Å².